The molecule has 1 amide bonds. The summed E-state index contributed by atoms with van der Waals surface area (Å²) in [5, 5.41) is 6.30. The molecule has 0 saturated heterocycles. The van der Waals surface area contributed by atoms with Gasteiger partial charge >= 0.3 is 0 Å². The van der Waals surface area contributed by atoms with E-state index in [1.165, 1.54) is 10.8 Å². The van der Waals surface area contributed by atoms with Gasteiger partial charge in [0.2, 0.25) is 0 Å². The topological polar surface area (TPSA) is 42.2 Å². The fourth-order valence-corrected chi connectivity index (χ4v) is 2.92. The number of hydrogen-bond donors (Lipinski definition) is 1. The second-order valence-corrected chi connectivity index (χ2v) is 5.95. The zero-order chi connectivity index (χ0) is 16.5. The molecule has 3 nitrogen and oxygen atoms in total. The Hall–Kier alpha value is -3.07. The molecule has 3 heteroatoms. The highest BCUT2D eigenvalue weighted by atomic mass is 16.3. The van der Waals surface area contributed by atoms with Gasteiger partial charge in [0.1, 0.15) is 5.58 Å². The zero-order valence-electron chi connectivity index (χ0n) is 13.3. The molecule has 0 aliphatic rings. The molecule has 1 unspecified atom stereocenters. The van der Waals surface area contributed by atoms with Gasteiger partial charge in [-0.25, -0.2) is 0 Å². The highest BCUT2D eigenvalue weighted by Gasteiger charge is 2.15. The predicted octanol–water partition coefficient (Wildman–Crippen LogP) is 5.08. The fraction of sp³-hybridized carbons (Fsp3) is 0.0952. The molecule has 0 spiro atoms. The molecule has 0 radical (unpaired) electrons. The van der Waals surface area contributed by atoms with Crippen LogP contribution in [0.3, 0.4) is 0 Å². The Labute approximate surface area is 139 Å². The van der Waals surface area contributed by atoms with Gasteiger partial charge in [0.25, 0.3) is 5.91 Å². The van der Waals surface area contributed by atoms with E-state index in [2.05, 4.69) is 29.6 Å². The van der Waals surface area contributed by atoms with Crippen molar-refractivity contribution >= 4 is 27.6 Å². The van der Waals surface area contributed by atoms with Gasteiger partial charge in [-0.1, -0.05) is 54.6 Å². The van der Waals surface area contributed by atoms with Crippen LogP contribution in [0.5, 0.6) is 0 Å². The van der Waals surface area contributed by atoms with Gasteiger partial charge in [-0.15, -0.1) is 0 Å². The van der Waals surface area contributed by atoms with Crippen molar-refractivity contribution in [2.24, 2.45) is 0 Å². The Morgan fingerprint density at radius 1 is 0.875 bits per heavy atom. The number of fused-ring (bicyclic) bond motifs is 2. The Morgan fingerprint density at radius 3 is 2.38 bits per heavy atom. The molecular weight excluding hydrogens is 298 g/mol. The SMILES string of the molecule is CC(NC(=O)c1cc2ccccc2o1)c1ccc2ccccc2c1. The summed E-state index contributed by atoms with van der Waals surface area (Å²) >= 11 is 0. The van der Waals surface area contributed by atoms with Crippen molar-refractivity contribution in [3.05, 3.63) is 84.1 Å². The summed E-state index contributed by atoms with van der Waals surface area (Å²) in [6, 6.07) is 23.7. The summed E-state index contributed by atoms with van der Waals surface area (Å²) in [6.45, 7) is 1.98. The predicted molar refractivity (Wildman–Crippen MR) is 96.0 cm³/mol. The van der Waals surface area contributed by atoms with Crippen LogP contribution in [-0.2, 0) is 0 Å². The van der Waals surface area contributed by atoms with Gasteiger partial charge in [-0.3, -0.25) is 4.79 Å². The Kier molecular flexibility index (Phi) is 3.54. The summed E-state index contributed by atoms with van der Waals surface area (Å²) < 4.78 is 5.62. The van der Waals surface area contributed by atoms with Gasteiger partial charge in [0, 0.05) is 5.39 Å². The molecule has 4 aromatic rings. The highest BCUT2D eigenvalue weighted by molar-refractivity contribution is 5.96. The minimum atomic E-state index is -0.202. The minimum absolute atomic E-state index is 0.102. The van der Waals surface area contributed by atoms with Crippen LogP contribution < -0.4 is 5.32 Å². The van der Waals surface area contributed by atoms with Crippen LogP contribution in [0.4, 0.5) is 0 Å². The second kappa shape index (κ2) is 5.85. The minimum Gasteiger partial charge on any atom is -0.451 e. The van der Waals surface area contributed by atoms with Crippen LogP contribution in [0.15, 0.2) is 77.2 Å². The number of carbonyl (C=O) groups is 1. The average Bonchev–Trinajstić information content (AvgIpc) is 3.05. The van der Waals surface area contributed by atoms with E-state index in [-0.39, 0.29) is 11.9 Å². The maximum absolute atomic E-state index is 12.5. The molecule has 1 N–H and O–H groups in total. The lowest BCUT2D eigenvalue weighted by Gasteiger charge is -2.14. The molecule has 1 atom stereocenters. The van der Waals surface area contributed by atoms with Crippen molar-refractivity contribution in [1.82, 2.24) is 5.32 Å². The lowest BCUT2D eigenvalue weighted by molar-refractivity contribution is 0.0914. The maximum atomic E-state index is 12.5. The summed E-state index contributed by atoms with van der Waals surface area (Å²) in [7, 11) is 0. The molecule has 1 heterocycles. The fourth-order valence-electron chi connectivity index (χ4n) is 2.92. The molecule has 0 bridgehead atoms. The number of hydrogen-bond acceptors (Lipinski definition) is 2. The number of furan rings is 1. The Bertz CT molecular complexity index is 999. The number of nitrogens with one attached hydrogen (secondary N) is 1. The number of para-hydroxylation sites is 1. The highest BCUT2D eigenvalue weighted by Crippen LogP contribution is 2.22. The van der Waals surface area contributed by atoms with Crippen molar-refractivity contribution < 1.29 is 9.21 Å². The largest absolute Gasteiger partial charge is 0.451 e. The molecule has 0 aliphatic carbocycles. The first kappa shape index (κ1) is 14.5. The molecule has 0 aliphatic heterocycles. The van der Waals surface area contributed by atoms with Crippen LogP contribution in [0.2, 0.25) is 0 Å². The van der Waals surface area contributed by atoms with Gasteiger partial charge in [-0.2, -0.15) is 0 Å². The summed E-state index contributed by atoms with van der Waals surface area (Å²) in [6.07, 6.45) is 0. The molecule has 3 aromatic carbocycles. The van der Waals surface area contributed by atoms with Crippen molar-refractivity contribution in [1.29, 1.82) is 0 Å². The first-order valence-electron chi connectivity index (χ1n) is 7.99. The lowest BCUT2D eigenvalue weighted by atomic mass is 10.0. The molecule has 1 aromatic heterocycles. The van der Waals surface area contributed by atoms with Gasteiger partial charge in [0.05, 0.1) is 6.04 Å². The summed E-state index contributed by atoms with van der Waals surface area (Å²) in [5.74, 6) is 0.135. The number of rotatable bonds is 3. The van der Waals surface area contributed by atoms with Gasteiger partial charge in [-0.05, 0) is 41.5 Å². The molecule has 0 fully saturated rings. The molecule has 4 rings (SSSR count). The summed E-state index contributed by atoms with van der Waals surface area (Å²) in [5.41, 5.74) is 1.79. The number of amides is 1. The summed E-state index contributed by atoms with van der Waals surface area (Å²) in [4.78, 5) is 12.5. The number of benzene rings is 3. The third-order valence-corrected chi connectivity index (χ3v) is 4.27. The van der Waals surface area contributed by atoms with E-state index >= 15 is 0 Å². The number of carbonyl (C=O) groups excluding carboxylic acids is 1. The van der Waals surface area contributed by atoms with Crippen molar-refractivity contribution in [3.63, 3.8) is 0 Å². The second-order valence-electron chi connectivity index (χ2n) is 5.95. The monoisotopic (exact) mass is 315 g/mol. The van der Waals surface area contributed by atoms with E-state index < -0.39 is 0 Å². The Morgan fingerprint density at radius 2 is 1.58 bits per heavy atom. The molecule has 0 saturated carbocycles. The van der Waals surface area contributed by atoms with E-state index in [4.69, 9.17) is 4.42 Å². The first-order valence-corrected chi connectivity index (χ1v) is 7.99. The molecular formula is C21H17NO2. The van der Waals surface area contributed by atoms with Crippen LogP contribution in [0.25, 0.3) is 21.7 Å². The maximum Gasteiger partial charge on any atom is 0.287 e. The van der Waals surface area contributed by atoms with Crippen LogP contribution >= 0.6 is 0 Å². The van der Waals surface area contributed by atoms with E-state index in [1.54, 1.807) is 6.07 Å². The standard InChI is InChI=1S/C21H17NO2/c1-14(16-11-10-15-6-2-3-7-17(15)12-16)22-21(23)20-13-18-8-4-5-9-19(18)24-20/h2-14H,1H3,(H,22,23). The van der Waals surface area contributed by atoms with E-state index in [0.717, 1.165) is 16.5 Å². The van der Waals surface area contributed by atoms with Crippen molar-refractivity contribution in [2.45, 2.75) is 13.0 Å². The van der Waals surface area contributed by atoms with Crippen LogP contribution in [0, 0.1) is 0 Å². The molecule has 118 valence electrons. The quantitative estimate of drug-likeness (QED) is 0.573. The van der Waals surface area contributed by atoms with Crippen molar-refractivity contribution in [2.75, 3.05) is 0 Å². The van der Waals surface area contributed by atoms with Crippen LogP contribution in [-0.4, -0.2) is 5.91 Å². The third kappa shape index (κ3) is 2.65. The van der Waals surface area contributed by atoms with E-state index in [9.17, 15) is 4.79 Å². The molecule has 24 heavy (non-hydrogen) atoms. The van der Waals surface area contributed by atoms with Gasteiger partial charge < -0.3 is 9.73 Å². The Balaban J connectivity index is 1.57. The van der Waals surface area contributed by atoms with Gasteiger partial charge in [0.15, 0.2) is 5.76 Å². The van der Waals surface area contributed by atoms with Crippen LogP contribution in [0.1, 0.15) is 29.1 Å². The third-order valence-electron chi connectivity index (χ3n) is 4.27. The first-order chi connectivity index (χ1) is 11.7. The average molecular weight is 315 g/mol. The van der Waals surface area contributed by atoms with E-state index in [1.807, 2.05) is 49.4 Å². The van der Waals surface area contributed by atoms with Crippen molar-refractivity contribution in [3.8, 4) is 0 Å². The lowest BCUT2D eigenvalue weighted by Crippen LogP contribution is -2.26. The zero-order valence-corrected chi connectivity index (χ0v) is 13.3. The normalized spacial score (nSPS) is 12.4. The van der Waals surface area contributed by atoms with E-state index in [0.29, 0.717) is 5.76 Å². The smallest absolute Gasteiger partial charge is 0.287 e.